The normalized spacial score (nSPS) is 10.8. The number of rotatable bonds is 6. The number of nitrogens with one attached hydrogen (secondary N) is 2. The summed E-state index contributed by atoms with van der Waals surface area (Å²) in [6.07, 6.45) is 2.72. The summed E-state index contributed by atoms with van der Waals surface area (Å²) < 4.78 is 1.49. The quantitative estimate of drug-likeness (QED) is 0.277. The van der Waals surface area contributed by atoms with E-state index in [0.29, 0.717) is 22.4 Å². The molecule has 0 fully saturated rings. The van der Waals surface area contributed by atoms with Crippen LogP contribution in [0.2, 0.25) is 0 Å². The lowest BCUT2D eigenvalue weighted by Gasteiger charge is -2.11. The summed E-state index contributed by atoms with van der Waals surface area (Å²) in [6.45, 7) is 0. The highest BCUT2D eigenvalue weighted by Gasteiger charge is 2.14. The number of non-ortho nitro benzene ring substituents is 1. The van der Waals surface area contributed by atoms with Crippen LogP contribution < -0.4 is 10.9 Å². The van der Waals surface area contributed by atoms with E-state index in [1.807, 2.05) is 0 Å². The van der Waals surface area contributed by atoms with E-state index in [4.69, 9.17) is 0 Å². The Hall–Kier alpha value is -3.99. The van der Waals surface area contributed by atoms with Crippen LogP contribution in [0.3, 0.4) is 0 Å². The number of anilines is 1. The minimum atomic E-state index is -0.472. The second-order valence-corrected chi connectivity index (χ2v) is 7.18. The largest absolute Gasteiger partial charge is 0.323 e. The molecule has 30 heavy (non-hydrogen) atoms. The first-order valence-corrected chi connectivity index (χ1v) is 9.69. The van der Waals surface area contributed by atoms with Crippen LogP contribution in [0.15, 0.2) is 70.7 Å². The van der Waals surface area contributed by atoms with Crippen LogP contribution in [0.1, 0.15) is 0 Å². The molecule has 0 radical (unpaired) electrons. The van der Waals surface area contributed by atoms with E-state index in [9.17, 15) is 19.7 Å². The van der Waals surface area contributed by atoms with Crippen LogP contribution in [0.4, 0.5) is 11.4 Å². The molecule has 0 aliphatic rings. The maximum absolute atomic E-state index is 12.5. The molecule has 4 aromatic rings. The van der Waals surface area contributed by atoms with Crippen LogP contribution >= 0.6 is 11.8 Å². The highest BCUT2D eigenvalue weighted by atomic mass is 32.2. The van der Waals surface area contributed by atoms with E-state index in [-0.39, 0.29) is 22.9 Å². The Bertz CT molecular complexity index is 1300. The van der Waals surface area contributed by atoms with Crippen molar-refractivity contribution in [2.75, 3.05) is 11.1 Å². The third-order valence-electron chi connectivity index (χ3n) is 4.19. The van der Waals surface area contributed by atoms with Gasteiger partial charge in [0.25, 0.3) is 11.2 Å². The zero-order valence-corrected chi connectivity index (χ0v) is 16.1. The molecule has 1 amide bonds. The lowest BCUT2D eigenvalue weighted by Crippen LogP contribution is -2.16. The smallest absolute Gasteiger partial charge is 0.269 e. The van der Waals surface area contributed by atoms with Crippen molar-refractivity contribution in [1.29, 1.82) is 0 Å². The van der Waals surface area contributed by atoms with Crippen molar-refractivity contribution in [3.63, 3.8) is 0 Å². The van der Waals surface area contributed by atoms with Crippen molar-refractivity contribution < 1.29 is 9.72 Å². The molecule has 2 heterocycles. The summed E-state index contributed by atoms with van der Waals surface area (Å²) in [5, 5.41) is 18.1. The molecule has 4 rings (SSSR count). The van der Waals surface area contributed by atoms with E-state index in [1.54, 1.807) is 36.4 Å². The molecule has 2 aromatic heterocycles. The maximum Gasteiger partial charge on any atom is 0.269 e. The number of hydrogen-bond acceptors (Lipinski definition) is 7. The molecule has 0 unspecified atom stereocenters. The topological polar surface area (TPSA) is 136 Å². The van der Waals surface area contributed by atoms with E-state index >= 15 is 0 Å². The van der Waals surface area contributed by atoms with Gasteiger partial charge in [0.15, 0.2) is 5.65 Å². The maximum atomic E-state index is 12.5. The number of thioether (sulfide) groups is 1. The van der Waals surface area contributed by atoms with Crippen molar-refractivity contribution in [3.05, 3.63) is 81.5 Å². The molecule has 2 aromatic carbocycles. The summed E-state index contributed by atoms with van der Waals surface area (Å²) in [5.74, 6) is -0.141. The monoisotopic (exact) mass is 422 g/mol. The van der Waals surface area contributed by atoms with Gasteiger partial charge >= 0.3 is 0 Å². The van der Waals surface area contributed by atoms with Gasteiger partial charge in [-0.05, 0) is 24.3 Å². The van der Waals surface area contributed by atoms with Crippen LogP contribution in [0, 0.1) is 10.1 Å². The molecule has 0 aliphatic heterocycles. The predicted octanol–water partition coefficient (Wildman–Crippen LogP) is 2.75. The average Bonchev–Trinajstić information content (AvgIpc) is 3.18. The molecule has 0 bridgehead atoms. The van der Waals surface area contributed by atoms with E-state index < -0.39 is 4.92 Å². The Morgan fingerprint density at radius 3 is 2.73 bits per heavy atom. The van der Waals surface area contributed by atoms with Crippen molar-refractivity contribution in [1.82, 2.24) is 19.7 Å². The SMILES string of the molecule is O=C(CSc1ccc([N+](=O)[O-])cc1)Nc1ccccc1-n1ncc2c(=O)[nH]cnc21. The fourth-order valence-electron chi connectivity index (χ4n) is 2.80. The van der Waals surface area contributed by atoms with Gasteiger partial charge in [-0.25, -0.2) is 9.67 Å². The number of nitro benzene ring substituents is 1. The van der Waals surface area contributed by atoms with Crippen LogP contribution in [0.5, 0.6) is 0 Å². The van der Waals surface area contributed by atoms with Crippen molar-refractivity contribution in [2.45, 2.75) is 4.90 Å². The number of fused-ring (bicyclic) bond motifs is 1. The van der Waals surface area contributed by atoms with E-state index in [2.05, 4.69) is 20.4 Å². The van der Waals surface area contributed by atoms with Gasteiger partial charge in [-0.2, -0.15) is 5.10 Å². The molecule has 150 valence electrons. The lowest BCUT2D eigenvalue weighted by molar-refractivity contribution is -0.384. The number of amides is 1. The van der Waals surface area contributed by atoms with Gasteiger partial charge < -0.3 is 10.3 Å². The number of aromatic nitrogens is 4. The summed E-state index contributed by atoms with van der Waals surface area (Å²) in [7, 11) is 0. The molecule has 2 N–H and O–H groups in total. The molecule has 0 saturated carbocycles. The van der Waals surface area contributed by atoms with Gasteiger partial charge in [0.2, 0.25) is 5.91 Å². The van der Waals surface area contributed by atoms with Gasteiger partial charge in [0.1, 0.15) is 5.39 Å². The molecule has 0 atom stereocenters. The zero-order chi connectivity index (χ0) is 21.1. The molecule has 0 aliphatic carbocycles. The van der Waals surface area contributed by atoms with Gasteiger partial charge in [-0.15, -0.1) is 11.8 Å². The van der Waals surface area contributed by atoms with Crippen molar-refractivity contribution in [3.8, 4) is 5.69 Å². The molecule has 11 heteroatoms. The number of carbonyl (C=O) groups is 1. The number of para-hydroxylation sites is 2. The van der Waals surface area contributed by atoms with Gasteiger partial charge in [-0.3, -0.25) is 19.7 Å². The number of nitrogens with zero attached hydrogens (tertiary/aromatic N) is 4. The van der Waals surface area contributed by atoms with Crippen molar-refractivity contribution >= 4 is 40.1 Å². The first-order chi connectivity index (χ1) is 14.5. The van der Waals surface area contributed by atoms with Gasteiger partial charge in [0, 0.05) is 17.0 Å². The summed E-state index contributed by atoms with van der Waals surface area (Å²) in [6, 6.07) is 13.0. The number of benzene rings is 2. The highest BCUT2D eigenvalue weighted by Crippen LogP contribution is 2.24. The minimum Gasteiger partial charge on any atom is -0.323 e. The van der Waals surface area contributed by atoms with E-state index in [1.165, 1.54) is 41.1 Å². The number of aromatic amines is 1. The number of nitro groups is 1. The van der Waals surface area contributed by atoms with Gasteiger partial charge in [-0.1, -0.05) is 12.1 Å². The van der Waals surface area contributed by atoms with E-state index in [0.717, 1.165) is 4.90 Å². The lowest BCUT2D eigenvalue weighted by atomic mass is 10.2. The Balaban J connectivity index is 1.51. The number of H-pyrrole nitrogens is 1. The molecule has 0 saturated heterocycles. The number of carbonyl (C=O) groups excluding carboxylic acids is 1. The molecular formula is C19H14N6O4S. The Morgan fingerprint density at radius 2 is 1.97 bits per heavy atom. The Kier molecular flexibility index (Phi) is 5.26. The van der Waals surface area contributed by atoms with Crippen molar-refractivity contribution in [2.24, 2.45) is 0 Å². The van der Waals surface area contributed by atoms with Crippen LogP contribution in [0.25, 0.3) is 16.7 Å². The molecule has 0 spiro atoms. The molecule has 10 nitrogen and oxygen atoms in total. The minimum absolute atomic E-state index is 0.00313. The standard InChI is InChI=1S/C19H14N6O4S/c26-17(10-30-13-7-5-12(6-8-13)25(28)29)23-15-3-1-2-4-16(15)24-18-14(9-22-24)19(27)21-11-20-18/h1-9,11H,10H2,(H,23,26)(H,20,21,27). The zero-order valence-electron chi connectivity index (χ0n) is 15.3. The van der Waals surface area contributed by atoms with Gasteiger partial charge in [0.05, 0.1) is 34.6 Å². The fraction of sp³-hybridized carbons (Fsp3) is 0.0526. The number of hydrogen-bond donors (Lipinski definition) is 2. The second-order valence-electron chi connectivity index (χ2n) is 6.13. The molecular weight excluding hydrogens is 408 g/mol. The average molecular weight is 422 g/mol. The first-order valence-electron chi connectivity index (χ1n) is 8.71. The third-order valence-corrected chi connectivity index (χ3v) is 5.21. The summed E-state index contributed by atoms with van der Waals surface area (Å²) in [5.41, 5.74) is 1.16. The Morgan fingerprint density at radius 1 is 1.20 bits per heavy atom. The van der Waals surface area contributed by atoms with Crippen LogP contribution in [-0.2, 0) is 4.79 Å². The Labute approximate surface area is 173 Å². The third kappa shape index (κ3) is 3.91. The summed E-state index contributed by atoms with van der Waals surface area (Å²) in [4.78, 5) is 42.0. The summed E-state index contributed by atoms with van der Waals surface area (Å²) >= 11 is 1.26. The predicted molar refractivity (Wildman–Crippen MR) is 112 cm³/mol. The second kappa shape index (κ2) is 8.17. The first kappa shape index (κ1) is 19.3. The fourth-order valence-corrected chi connectivity index (χ4v) is 3.49. The highest BCUT2D eigenvalue weighted by molar-refractivity contribution is 8.00. The van der Waals surface area contributed by atoms with Crippen LogP contribution in [-0.4, -0.2) is 36.3 Å².